The first-order chi connectivity index (χ1) is 27.3. The third-order valence-corrected chi connectivity index (χ3v) is 10.9. The van der Waals surface area contributed by atoms with E-state index in [1.165, 1.54) is 43.8 Å². The van der Waals surface area contributed by atoms with Crippen LogP contribution in [0.5, 0.6) is 0 Å². The lowest BCUT2D eigenvalue weighted by Gasteiger charge is -2.18. The molecule has 4 heteroatoms. The van der Waals surface area contributed by atoms with Gasteiger partial charge in [0.1, 0.15) is 11.5 Å². The highest BCUT2D eigenvalue weighted by Crippen LogP contribution is 2.45. The summed E-state index contributed by atoms with van der Waals surface area (Å²) < 4.78 is 2.20. The van der Waals surface area contributed by atoms with Crippen LogP contribution in [0.15, 0.2) is 194 Å². The molecular weight excluding hydrogens is 669 g/mol. The van der Waals surface area contributed by atoms with Crippen LogP contribution < -0.4 is 0 Å². The van der Waals surface area contributed by atoms with Gasteiger partial charge in [-0.1, -0.05) is 146 Å². The first kappa shape index (κ1) is 31.1. The molecule has 4 nitrogen and oxygen atoms in total. The smallest absolute Gasteiger partial charge is 0.147 e. The van der Waals surface area contributed by atoms with E-state index in [4.69, 9.17) is 9.97 Å². The van der Waals surface area contributed by atoms with Crippen LogP contribution in [-0.2, 0) is 0 Å². The quantitative estimate of drug-likeness (QED) is 0.168. The molecular formula is C51H32N4. The summed E-state index contributed by atoms with van der Waals surface area (Å²) in [6.07, 6.45) is 3.82. The summed E-state index contributed by atoms with van der Waals surface area (Å²) in [4.78, 5) is 15.3. The second kappa shape index (κ2) is 12.6. The average Bonchev–Trinajstić information content (AvgIpc) is 3.59. The Hall–Kier alpha value is -7.43. The van der Waals surface area contributed by atoms with Crippen LogP contribution in [0.4, 0.5) is 0 Å². The number of aromatic nitrogens is 4. The van der Waals surface area contributed by atoms with Gasteiger partial charge < -0.3 is 0 Å². The van der Waals surface area contributed by atoms with E-state index in [9.17, 15) is 0 Å². The van der Waals surface area contributed by atoms with Crippen molar-refractivity contribution in [3.63, 3.8) is 0 Å². The lowest BCUT2D eigenvalue weighted by atomic mass is 9.85. The SMILES string of the molecule is c1ccc(-c2c3ccccc3c(-c3ccccc3)c3cc(-c4cccc(-n5c6ccccc6c6ccc(-c7cncc8ccccc78)nc65)n4)ccc23)cc1. The number of benzene rings is 7. The third-order valence-electron chi connectivity index (χ3n) is 10.9. The second-order valence-corrected chi connectivity index (χ2v) is 14.0. The van der Waals surface area contributed by atoms with E-state index in [2.05, 4.69) is 185 Å². The Morgan fingerprint density at radius 3 is 1.75 bits per heavy atom. The molecule has 0 saturated carbocycles. The summed E-state index contributed by atoms with van der Waals surface area (Å²) in [5, 5.41) is 9.31. The molecule has 256 valence electrons. The monoisotopic (exact) mass is 700 g/mol. The topological polar surface area (TPSA) is 43.6 Å². The Morgan fingerprint density at radius 1 is 0.364 bits per heavy atom. The summed E-state index contributed by atoms with van der Waals surface area (Å²) in [5.41, 5.74) is 10.6. The zero-order valence-electron chi connectivity index (χ0n) is 29.8. The van der Waals surface area contributed by atoms with E-state index < -0.39 is 0 Å². The molecule has 0 aliphatic carbocycles. The Balaban J connectivity index is 1.14. The van der Waals surface area contributed by atoms with Crippen LogP contribution >= 0.6 is 0 Å². The van der Waals surface area contributed by atoms with Gasteiger partial charge in [0.05, 0.1) is 16.9 Å². The highest BCUT2D eigenvalue weighted by Gasteiger charge is 2.19. The first-order valence-electron chi connectivity index (χ1n) is 18.6. The molecule has 0 bridgehead atoms. The van der Waals surface area contributed by atoms with Gasteiger partial charge in [0, 0.05) is 39.7 Å². The van der Waals surface area contributed by atoms with Crippen molar-refractivity contribution in [2.75, 3.05) is 0 Å². The molecule has 0 fully saturated rings. The van der Waals surface area contributed by atoms with Crippen molar-refractivity contribution in [3.8, 4) is 50.6 Å². The molecule has 0 N–H and O–H groups in total. The van der Waals surface area contributed by atoms with Crippen molar-refractivity contribution in [1.29, 1.82) is 0 Å². The van der Waals surface area contributed by atoms with Gasteiger partial charge in [-0.05, 0) is 85.6 Å². The molecule has 0 aliphatic heterocycles. The van der Waals surface area contributed by atoms with Crippen LogP contribution in [0.1, 0.15) is 0 Å². The standard InChI is InChI=1S/C51H32N4/c1-3-14-33(15-4-1)49-39-21-9-10-22-40(39)50(34-16-5-2-6-17-34)43-30-35(26-27-41(43)49)45-23-13-25-48(53-45)55-47-24-12-11-20-38(47)42-28-29-46(54-51(42)55)44-32-52-31-36-18-7-8-19-37(36)44/h1-32H. The Morgan fingerprint density at radius 2 is 0.982 bits per heavy atom. The van der Waals surface area contributed by atoms with Gasteiger partial charge in [-0.15, -0.1) is 0 Å². The molecule has 4 aromatic heterocycles. The summed E-state index contributed by atoms with van der Waals surface area (Å²) in [6.45, 7) is 0. The lowest BCUT2D eigenvalue weighted by molar-refractivity contribution is 1.06. The van der Waals surface area contributed by atoms with Crippen LogP contribution in [0.3, 0.4) is 0 Å². The number of fused-ring (bicyclic) bond motifs is 6. The van der Waals surface area contributed by atoms with Crippen molar-refractivity contribution in [2.45, 2.75) is 0 Å². The van der Waals surface area contributed by atoms with Crippen LogP contribution in [0.25, 0.3) is 105 Å². The van der Waals surface area contributed by atoms with Crippen molar-refractivity contribution < 1.29 is 0 Å². The largest absolute Gasteiger partial charge is 0.278 e. The minimum atomic E-state index is 0.816. The zero-order chi connectivity index (χ0) is 36.3. The minimum Gasteiger partial charge on any atom is -0.278 e. The maximum absolute atomic E-state index is 5.40. The zero-order valence-corrected chi connectivity index (χ0v) is 29.8. The number of nitrogens with zero attached hydrogens (tertiary/aromatic N) is 4. The maximum Gasteiger partial charge on any atom is 0.147 e. The van der Waals surface area contributed by atoms with Crippen LogP contribution in [0, 0.1) is 0 Å². The Kier molecular flexibility index (Phi) is 7.14. The van der Waals surface area contributed by atoms with Crippen molar-refractivity contribution >= 4 is 54.3 Å². The van der Waals surface area contributed by atoms with Gasteiger partial charge in [-0.3, -0.25) is 9.55 Å². The van der Waals surface area contributed by atoms with Gasteiger partial charge in [0.2, 0.25) is 0 Å². The molecule has 7 aromatic carbocycles. The Labute approximate surface area is 317 Å². The number of hydrogen-bond acceptors (Lipinski definition) is 3. The summed E-state index contributed by atoms with van der Waals surface area (Å²) in [5.74, 6) is 0.816. The molecule has 0 spiro atoms. The highest BCUT2D eigenvalue weighted by atomic mass is 15.1. The van der Waals surface area contributed by atoms with Gasteiger partial charge in [0.25, 0.3) is 0 Å². The number of para-hydroxylation sites is 1. The molecule has 0 unspecified atom stereocenters. The molecule has 0 aliphatic rings. The van der Waals surface area contributed by atoms with E-state index in [0.717, 1.165) is 61.0 Å². The number of rotatable bonds is 5. The first-order valence-corrected chi connectivity index (χ1v) is 18.6. The molecule has 0 atom stereocenters. The molecule has 55 heavy (non-hydrogen) atoms. The van der Waals surface area contributed by atoms with E-state index in [-0.39, 0.29) is 0 Å². The third kappa shape index (κ3) is 5.03. The Bertz CT molecular complexity index is 3250. The number of hydrogen-bond donors (Lipinski definition) is 0. The van der Waals surface area contributed by atoms with Crippen LogP contribution in [-0.4, -0.2) is 19.5 Å². The van der Waals surface area contributed by atoms with Crippen molar-refractivity contribution in [2.24, 2.45) is 0 Å². The molecule has 4 heterocycles. The molecule has 0 saturated heterocycles. The van der Waals surface area contributed by atoms with Crippen molar-refractivity contribution in [1.82, 2.24) is 19.5 Å². The lowest BCUT2D eigenvalue weighted by Crippen LogP contribution is -2.00. The predicted molar refractivity (Wildman–Crippen MR) is 228 cm³/mol. The van der Waals surface area contributed by atoms with E-state index in [1.807, 2.05) is 18.5 Å². The van der Waals surface area contributed by atoms with E-state index >= 15 is 0 Å². The maximum atomic E-state index is 5.40. The van der Waals surface area contributed by atoms with Crippen molar-refractivity contribution in [3.05, 3.63) is 194 Å². The molecule has 11 aromatic rings. The molecule has 0 radical (unpaired) electrons. The average molecular weight is 701 g/mol. The second-order valence-electron chi connectivity index (χ2n) is 14.0. The summed E-state index contributed by atoms with van der Waals surface area (Å²) in [7, 11) is 0. The van der Waals surface area contributed by atoms with Gasteiger partial charge in [-0.2, -0.15) is 0 Å². The number of pyridine rings is 3. The summed E-state index contributed by atoms with van der Waals surface area (Å²) in [6, 6.07) is 64.6. The van der Waals surface area contributed by atoms with Gasteiger partial charge in [-0.25, -0.2) is 9.97 Å². The molecule has 11 rings (SSSR count). The van der Waals surface area contributed by atoms with E-state index in [1.54, 1.807) is 0 Å². The fourth-order valence-electron chi connectivity index (χ4n) is 8.42. The summed E-state index contributed by atoms with van der Waals surface area (Å²) >= 11 is 0. The fraction of sp³-hybridized carbons (Fsp3) is 0. The highest BCUT2D eigenvalue weighted by molar-refractivity contribution is 6.22. The van der Waals surface area contributed by atoms with Crippen LogP contribution in [0.2, 0.25) is 0 Å². The van der Waals surface area contributed by atoms with E-state index in [0.29, 0.717) is 0 Å². The normalized spacial score (nSPS) is 11.6. The van der Waals surface area contributed by atoms with Gasteiger partial charge >= 0.3 is 0 Å². The molecule has 0 amide bonds. The minimum absolute atomic E-state index is 0.816. The van der Waals surface area contributed by atoms with Gasteiger partial charge in [0.15, 0.2) is 0 Å². The fourth-order valence-corrected chi connectivity index (χ4v) is 8.42. The predicted octanol–water partition coefficient (Wildman–Crippen LogP) is 13.1.